The van der Waals surface area contributed by atoms with E-state index >= 15 is 0 Å². The smallest absolute Gasteiger partial charge is 0.417 e. The lowest BCUT2D eigenvalue weighted by molar-refractivity contribution is 0.457. The van der Waals surface area contributed by atoms with E-state index in [4.69, 9.17) is 4.42 Å². The molecule has 92 valence electrons. The summed E-state index contributed by atoms with van der Waals surface area (Å²) in [7, 11) is 0. The first-order valence-corrected chi connectivity index (χ1v) is 6.03. The molecular formula is C13H17NO3. The van der Waals surface area contributed by atoms with Crippen molar-refractivity contribution in [2.45, 2.75) is 39.5 Å². The van der Waals surface area contributed by atoms with Crippen LogP contribution in [0.4, 0.5) is 0 Å². The number of nitrogens with one attached hydrogen (secondary N) is 1. The maximum absolute atomic E-state index is 11.2. The summed E-state index contributed by atoms with van der Waals surface area (Å²) in [6.07, 6.45) is 3.35. The third-order valence-electron chi connectivity index (χ3n) is 2.88. The molecule has 0 bridgehead atoms. The Hall–Kier alpha value is -1.71. The number of rotatable bonds is 4. The van der Waals surface area contributed by atoms with Gasteiger partial charge in [-0.3, -0.25) is 4.98 Å². The van der Waals surface area contributed by atoms with Gasteiger partial charge in [0.15, 0.2) is 5.58 Å². The van der Waals surface area contributed by atoms with E-state index in [1.807, 2.05) is 6.92 Å². The Morgan fingerprint density at radius 3 is 2.65 bits per heavy atom. The second-order valence-corrected chi connectivity index (χ2v) is 4.25. The molecule has 0 radical (unpaired) electrons. The molecular weight excluding hydrogens is 218 g/mol. The van der Waals surface area contributed by atoms with Gasteiger partial charge in [-0.25, -0.2) is 4.79 Å². The van der Waals surface area contributed by atoms with Crippen molar-refractivity contribution in [2.75, 3.05) is 0 Å². The van der Waals surface area contributed by atoms with Gasteiger partial charge in [0, 0.05) is 5.56 Å². The van der Waals surface area contributed by atoms with Gasteiger partial charge in [-0.1, -0.05) is 26.7 Å². The number of oxazole rings is 1. The number of fused-ring (bicyclic) bond motifs is 1. The molecule has 2 aromatic rings. The van der Waals surface area contributed by atoms with Crippen LogP contribution in [0.15, 0.2) is 15.3 Å². The predicted octanol–water partition coefficient (Wildman–Crippen LogP) is 2.73. The lowest BCUT2D eigenvalue weighted by Gasteiger charge is -2.08. The zero-order valence-corrected chi connectivity index (χ0v) is 10.2. The van der Waals surface area contributed by atoms with Gasteiger partial charge in [0.25, 0.3) is 0 Å². The number of aromatic amines is 1. The highest BCUT2D eigenvalue weighted by Crippen LogP contribution is 2.31. The summed E-state index contributed by atoms with van der Waals surface area (Å²) >= 11 is 0. The van der Waals surface area contributed by atoms with Crippen molar-refractivity contribution >= 4 is 11.1 Å². The van der Waals surface area contributed by atoms with Crippen LogP contribution in [0, 0.1) is 0 Å². The summed E-state index contributed by atoms with van der Waals surface area (Å²) < 4.78 is 5.09. The highest BCUT2D eigenvalue weighted by Gasteiger charge is 2.15. The Balaban J connectivity index is 2.70. The summed E-state index contributed by atoms with van der Waals surface area (Å²) in [6, 6.07) is 1.80. The van der Waals surface area contributed by atoms with Crippen LogP contribution in [0.5, 0.6) is 5.75 Å². The Morgan fingerprint density at radius 2 is 2.00 bits per heavy atom. The molecule has 0 saturated carbocycles. The predicted molar refractivity (Wildman–Crippen MR) is 66.5 cm³/mol. The summed E-state index contributed by atoms with van der Waals surface area (Å²) in [5.41, 5.74) is 2.79. The summed E-state index contributed by atoms with van der Waals surface area (Å²) in [5.74, 6) is -0.186. The standard InChI is InChI=1S/C13H17NO3/c1-3-5-8-7-10-12(17-13(16)14-10)9(6-4-2)11(8)15/h7,15H,3-6H2,1-2H3,(H,14,16). The van der Waals surface area contributed by atoms with Crippen LogP contribution >= 0.6 is 0 Å². The molecule has 1 aromatic heterocycles. The highest BCUT2D eigenvalue weighted by molar-refractivity contribution is 5.80. The first-order valence-electron chi connectivity index (χ1n) is 6.03. The molecule has 0 saturated heterocycles. The number of hydrogen-bond donors (Lipinski definition) is 2. The van der Waals surface area contributed by atoms with Gasteiger partial charge in [0.05, 0.1) is 5.52 Å². The van der Waals surface area contributed by atoms with Crippen molar-refractivity contribution in [3.05, 3.63) is 27.7 Å². The Bertz CT molecular complexity index is 580. The molecule has 0 spiro atoms. The maximum atomic E-state index is 11.2. The molecule has 1 heterocycles. The number of hydrogen-bond acceptors (Lipinski definition) is 3. The van der Waals surface area contributed by atoms with Crippen molar-refractivity contribution in [3.8, 4) is 5.75 Å². The minimum absolute atomic E-state index is 0.281. The molecule has 2 rings (SSSR count). The van der Waals surface area contributed by atoms with Crippen LogP contribution in [-0.4, -0.2) is 10.1 Å². The molecule has 0 aliphatic rings. The maximum Gasteiger partial charge on any atom is 0.417 e. The van der Waals surface area contributed by atoms with Crippen molar-refractivity contribution in [3.63, 3.8) is 0 Å². The average Bonchev–Trinajstić information content (AvgIpc) is 2.65. The van der Waals surface area contributed by atoms with E-state index < -0.39 is 5.76 Å². The lowest BCUT2D eigenvalue weighted by Crippen LogP contribution is -1.93. The molecule has 0 unspecified atom stereocenters. The number of phenols is 1. The minimum atomic E-state index is -0.467. The molecule has 0 amide bonds. The Kier molecular flexibility index (Phi) is 3.22. The van der Waals surface area contributed by atoms with Gasteiger partial charge >= 0.3 is 5.76 Å². The normalized spacial score (nSPS) is 11.2. The second kappa shape index (κ2) is 4.65. The fourth-order valence-corrected chi connectivity index (χ4v) is 2.15. The number of benzene rings is 1. The first-order chi connectivity index (χ1) is 8.17. The van der Waals surface area contributed by atoms with Crippen molar-refractivity contribution < 1.29 is 9.52 Å². The summed E-state index contributed by atoms with van der Waals surface area (Å²) in [5, 5.41) is 10.2. The van der Waals surface area contributed by atoms with Crippen LogP contribution in [0.25, 0.3) is 11.1 Å². The second-order valence-electron chi connectivity index (χ2n) is 4.25. The van der Waals surface area contributed by atoms with E-state index in [9.17, 15) is 9.90 Å². The van der Waals surface area contributed by atoms with E-state index in [0.717, 1.165) is 30.4 Å². The molecule has 4 nitrogen and oxygen atoms in total. The Morgan fingerprint density at radius 1 is 1.29 bits per heavy atom. The highest BCUT2D eigenvalue weighted by atomic mass is 16.4. The molecule has 1 aromatic carbocycles. The van der Waals surface area contributed by atoms with Crippen LogP contribution in [0.3, 0.4) is 0 Å². The molecule has 17 heavy (non-hydrogen) atoms. The molecule has 4 heteroatoms. The minimum Gasteiger partial charge on any atom is -0.507 e. The Labute approximate surface area is 99.3 Å². The largest absolute Gasteiger partial charge is 0.507 e. The third-order valence-corrected chi connectivity index (χ3v) is 2.88. The van der Waals surface area contributed by atoms with Crippen LogP contribution < -0.4 is 5.76 Å². The third kappa shape index (κ3) is 2.07. The van der Waals surface area contributed by atoms with E-state index in [1.54, 1.807) is 6.07 Å². The molecule has 0 aliphatic carbocycles. The van der Waals surface area contributed by atoms with Crippen molar-refractivity contribution in [1.29, 1.82) is 0 Å². The zero-order chi connectivity index (χ0) is 12.4. The fraction of sp³-hybridized carbons (Fsp3) is 0.462. The number of H-pyrrole nitrogens is 1. The van der Waals surface area contributed by atoms with Gasteiger partial charge in [0.1, 0.15) is 5.75 Å². The number of aryl methyl sites for hydroxylation is 2. The summed E-state index contributed by atoms with van der Waals surface area (Å²) in [4.78, 5) is 13.9. The summed E-state index contributed by atoms with van der Waals surface area (Å²) in [6.45, 7) is 4.09. The number of aromatic hydroxyl groups is 1. The molecule has 2 N–H and O–H groups in total. The average molecular weight is 235 g/mol. The van der Waals surface area contributed by atoms with Crippen LogP contribution in [0.1, 0.15) is 37.8 Å². The topological polar surface area (TPSA) is 66.2 Å². The van der Waals surface area contributed by atoms with Gasteiger partial charge in [-0.2, -0.15) is 0 Å². The number of aromatic nitrogens is 1. The lowest BCUT2D eigenvalue weighted by atomic mass is 10.0. The monoisotopic (exact) mass is 235 g/mol. The molecule has 0 aliphatic heterocycles. The zero-order valence-electron chi connectivity index (χ0n) is 10.2. The van der Waals surface area contributed by atoms with Crippen LogP contribution in [0.2, 0.25) is 0 Å². The van der Waals surface area contributed by atoms with Gasteiger partial charge in [0.2, 0.25) is 0 Å². The van der Waals surface area contributed by atoms with E-state index in [1.165, 1.54) is 0 Å². The van der Waals surface area contributed by atoms with Gasteiger partial charge < -0.3 is 9.52 Å². The van der Waals surface area contributed by atoms with Crippen molar-refractivity contribution in [2.24, 2.45) is 0 Å². The van der Waals surface area contributed by atoms with Crippen molar-refractivity contribution in [1.82, 2.24) is 4.98 Å². The van der Waals surface area contributed by atoms with E-state index in [2.05, 4.69) is 11.9 Å². The van der Waals surface area contributed by atoms with Gasteiger partial charge in [-0.05, 0) is 24.5 Å². The van der Waals surface area contributed by atoms with Crippen LogP contribution in [-0.2, 0) is 12.8 Å². The van der Waals surface area contributed by atoms with E-state index in [-0.39, 0.29) is 5.75 Å². The number of phenolic OH excluding ortho intramolecular Hbond substituents is 1. The fourth-order valence-electron chi connectivity index (χ4n) is 2.15. The SMILES string of the molecule is CCCc1cc2[nH]c(=O)oc2c(CCC)c1O. The van der Waals surface area contributed by atoms with E-state index in [0.29, 0.717) is 17.5 Å². The molecule has 0 fully saturated rings. The van der Waals surface area contributed by atoms with Gasteiger partial charge in [-0.15, -0.1) is 0 Å². The molecule has 0 atom stereocenters. The first kappa shape index (κ1) is 11.8. The quantitative estimate of drug-likeness (QED) is 0.856.